The summed E-state index contributed by atoms with van der Waals surface area (Å²) in [5, 5.41) is 0. The summed E-state index contributed by atoms with van der Waals surface area (Å²) in [6.45, 7) is 0. The first-order valence-electron chi connectivity index (χ1n) is 6.27. The maximum absolute atomic E-state index is 12.0. The van der Waals surface area contributed by atoms with E-state index in [1.165, 1.54) is 0 Å². The molecule has 0 fully saturated rings. The second-order valence-corrected chi connectivity index (χ2v) is 13.9. The van der Waals surface area contributed by atoms with E-state index in [0.717, 1.165) is 0 Å². The van der Waals surface area contributed by atoms with Crippen LogP contribution in [-0.4, -0.2) is 16.8 Å². The van der Waals surface area contributed by atoms with Gasteiger partial charge in [-0.25, -0.2) is 16.8 Å². The van der Waals surface area contributed by atoms with Crippen LogP contribution in [-0.2, 0) is 29.2 Å². The molecular formula is C14H14O4S4. The van der Waals surface area contributed by atoms with Crippen LogP contribution in [0.15, 0.2) is 60.7 Å². The van der Waals surface area contributed by atoms with E-state index < -0.39 is 17.7 Å². The first-order valence-corrected chi connectivity index (χ1v) is 12.8. The quantitative estimate of drug-likeness (QED) is 0.692. The summed E-state index contributed by atoms with van der Waals surface area (Å²) >= 11 is 0. The van der Waals surface area contributed by atoms with Gasteiger partial charge in [0, 0.05) is 0 Å². The summed E-state index contributed by atoms with van der Waals surface area (Å²) in [5.41, 5.74) is 1.27. The van der Waals surface area contributed by atoms with Crippen molar-refractivity contribution in [2.75, 3.05) is 0 Å². The van der Waals surface area contributed by atoms with Crippen molar-refractivity contribution in [3.05, 3.63) is 71.8 Å². The van der Waals surface area contributed by atoms with E-state index in [1.807, 2.05) is 0 Å². The van der Waals surface area contributed by atoms with Crippen molar-refractivity contribution < 1.29 is 16.8 Å². The summed E-state index contributed by atoms with van der Waals surface area (Å²) in [6, 6.07) is 17.4. The Morgan fingerprint density at radius 2 is 0.909 bits per heavy atom. The molecule has 8 heteroatoms. The molecule has 0 amide bonds. The molecule has 0 aromatic heterocycles. The lowest BCUT2D eigenvalue weighted by Gasteiger charge is -2.05. The van der Waals surface area contributed by atoms with Gasteiger partial charge in [0.15, 0.2) is 0 Å². The maximum atomic E-state index is 12.0. The van der Waals surface area contributed by atoms with E-state index in [1.54, 1.807) is 60.7 Å². The molecular weight excluding hydrogens is 360 g/mol. The van der Waals surface area contributed by atoms with Gasteiger partial charge < -0.3 is 0 Å². The average molecular weight is 375 g/mol. The summed E-state index contributed by atoms with van der Waals surface area (Å²) in [6.07, 6.45) is 0. The minimum Gasteiger partial charge on any atom is -0.216 e. The topological polar surface area (TPSA) is 68.3 Å². The fourth-order valence-corrected chi connectivity index (χ4v) is 11.7. The lowest BCUT2D eigenvalue weighted by molar-refractivity contribution is 0.608. The number of hydrogen-bond donors (Lipinski definition) is 0. The highest BCUT2D eigenvalue weighted by Crippen LogP contribution is 2.37. The second-order valence-electron chi connectivity index (χ2n) is 4.51. The summed E-state index contributed by atoms with van der Waals surface area (Å²) in [5.74, 6) is -0.376. The predicted molar refractivity (Wildman–Crippen MR) is 93.3 cm³/mol. The van der Waals surface area contributed by atoms with E-state index in [0.29, 0.717) is 30.8 Å². The first-order chi connectivity index (χ1) is 10.4. The molecule has 22 heavy (non-hydrogen) atoms. The highest BCUT2D eigenvalue weighted by atomic mass is 33.7. The molecule has 2 aromatic carbocycles. The molecule has 0 radical (unpaired) electrons. The van der Waals surface area contributed by atoms with Gasteiger partial charge >= 0.3 is 0 Å². The normalized spacial score (nSPS) is 12.2. The lowest BCUT2D eigenvalue weighted by atomic mass is 10.2. The first kappa shape index (κ1) is 17.4. The maximum Gasteiger partial charge on any atom is 0.216 e. The van der Waals surface area contributed by atoms with E-state index >= 15 is 0 Å². The van der Waals surface area contributed by atoms with Crippen LogP contribution in [0.2, 0.25) is 0 Å². The Hall–Kier alpha value is -0.960. The summed E-state index contributed by atoms with van der Waals surface area (Å²) in [4.78, 5) is 0. The molecule has 0 unspecified atom stereocenters. The molecule has 0 aliphatic carbocycles. The van der Waals surface area contributed by atoms with E-state index in [9.17, 15) is 16.8 Å². The number of hydrogen-bond acceptors (Lipinski definition) is 6. The van der Waals surface area contributed by atoms with E-state index in [2.05, 4.69) is 0 Å². The Morgan fingerprint density at radius 1 is 0.591 bits per heavy atom. The van der Waals surface area contributed by atoms with Crippen molar-refractivity contribution in [1.29, 1.82) is 0 Å². The minimum atomic E-state index is -3.56. The van der Waals surface area contributed by atoms with Crippen LogP contribution in [0.1, 0.15) is 11.1 Å². The molecule has 0 aliphatic rings. The van der Waals surface area contributed by atoms with Crippen molar-refractivity contribution in [3.63, 3.8) is 0 Å². The minimum absolute atomic E-state index is 0.188. The third-order valence-corrected chi connectivity index (χ3v) is 12.3. The highest BCUT2D eigenvalue weighted by Gasteiger charge is 2.21. The fraction of sp³-hybridized carbons (Fsp3) is 0.143. The van der Waals surface area contributed by atoms with Crippen LogP contribution in [0.3, 0.4) is 0 Å². The van der Waals surface area contributed by atoms with Gasteiger partial charge in [0.1, 0.15) is 0 Å². The zero-order valence-electron chi connectivity index (χ0n) is 11.5. The monoisotopic (exact) mass is 374 g/mol. The van der Waals surface area contributed by atoms with Crippen LogP contribution in [0.5, 0.6) is 0 Å². The molecule has 0 saturated heterocycles. The summed E-state index contributed by atoms with van der Waals surface area (Å²) in [7, 11) is -6.32. The van der Waals surface area contributed by atoms with Crippen molar-refractivity contribution in [2.45, 2.75) is 11.5 Å². The molecule has 2 rings (SSSR count). The molecule has 118 valence electrons. The molecule has 2 aromatic rings. The molecule has 0 heterocycles. The van der Waals surface area contributed by atoms with E-state index in [-0.39, 0.29) is 11.5 Å². The van der Waals surface area contributed by atoms with Crippen LogP contribution in [0, 0.1) is 0 Å². The molecule has 0 N–H and O–H groups in total. The molecule has 4 nitrogen and oxygen atoms in total. The predicted octanol–water partition coefficient (Wildman–Crippen LogP) is 3.43. The molecule has 0 aliphatic heterocycles. The third kappa shape index (κ3) is 6.04. The van der Waals surface area contributed by atoms with Crippen LogP contribution >= 0.6 is 19.7 Å². The largest absolute Gasteiger partial charge is 0.216 e. The van der Waals surface area contributed by atoms with Gasteiger partial charge in [0.2, 0.25) is 17.7 Å². The summed E-state index contributed by atoms with van der Waals surface area (Å²) < 4.78 is 47.9. The SMILES string of the molecule is O=S(=O)(Cc1ccccc1)SSS(=O)(=O)Cc1ccccc1. The number of rotatable bonds is 7. The van der Waals surface area contributed by atoms with Gasteiger partial charge in [0.05, 0.1) is 31.2 Å². The Bertz CT molecular complexity index is 729. The molecule has 0 atom stereocenters. The zero-order chi connectivity index (χ0) is 16.1. The van der Waals surface area contributed by atoms with Crippen molar-refractivity contribution in [3.8, 4) is 0 Å². The molecule has 0 spiro atoms. The van der Waals surface area contributed by atoms with Gasteiger partial charge in [-0.3, -0.25) is 0 Å². The van der Waals surface area contributed by atoms with Gasteiger partial charge in [-0.05, 0) is 11.1 Å². The van der Waals surface area contributed by atoms with Gasteiger partial charge in [-0.2, -0.15) is 0 Å². The van der Waals surface area contributed by atoms with Gasteiger partial charge in [-0.15, -0.1) is 0 Å². The van der Waals surface area contributed by atoms with Crippen molar-refractivity contribution in [2.24, 2.45) is 0 Å². The Morgan fingerprint density at radius 3 is 1.23 bits per heavy atom. The Kier molecular flexibility index (Phi) is 5.96. The zero-order valence-corrected chi connectivity index (χ0v) is 14.7. The molecule has 0 bridgehead atoms. The van der Waals surface area contributed by atoms with Gasteiger partial charge in [-0.1, -0.05) is 60.7 Å². The molecule has 0 saturated carbocycles. The fourth-order valence-electron chi connectivity index (χ4n) is 1.69. The number of benzene rings is 2. The standard InChI is InChI=1S/C14H14O4S4/c15-21(16,11-13-7-3-1-4-8-13)19-20-22(17,18)12-14-9-5-2-6-10-14/h1-10H,11-12H2. The lowest BCUT2D eigenvalue weighted by Crippen LogP contribution is -2.01. The average Bonchev–Trinajstić information content (AvgIpc) is 2.47. The van der Waals surface area contributed by atoms with E-state index in [4.69, 9.17) is 0 Å². The Balaban J connectivity index is 1.96. The Labute approximate surface area is 137 Å². The van der Waals surface area contributed by atoms with Crippen molar-refractivity contribution in [1.82, 2.24) is 0 Å². The third-order valence-electron chi connectivity index (χ3n) is 2.61. The van der Waals surface area contributed by atoms with Gasteiger partial charge in [0.25, 0.3) is 0 Å². The smallest absolute Gasteiger partial charge is 0.216 e. The van der Waals surface area contributed by atoms with Crippen LogP contribution < -0.4 is 0 Å². The van der Waals surface area contributed by atoms with Crippen LogP contribution in [0.25, 0.3) is 0 Å². The van der Waals surface area contributed by atoms with Crippen LogP contribution in [0.4, 0.5) is 0 Å². The highest BCUT2D eigenvalue weighted by molar-refractivity contribution is 9.22. The van der Waals surface area contributed by atoms with Crippen molar-refractivity contribution >= 4 is 37.4 Å². The second kappa shape index (κ2) is 7.54.